The first-order valence-electron chi connectivity index (χ1n) is 2.95. The zero-order valence-electron chi connectivity index (χ0n) is 5.62. The van der Waals surface area contributed by atoms with E-state index in [1.165, 1.54) is 0 Å². The van der Waals surface area contributed by atoms with Crippen LogP contribution in [0, 0.1) is 0 Å². The van der Waals surface area contributed by atoms with Gasteiger partial charge in [0.15, 0.2) is 0 Å². The van der Waals surface area contributed by atoms with Crippen LogP contribution in [-0.4, -0.2) is 12.3 Å². The molecule has 0 N–H and O–H groups in total. The Balaban J connectivity index is 3.27. The smallest absolute Gasteiger partial charge is 0.226 e. The van der Waals surface area contributed by atoms with Crippen LogP contribution in [0.4, 0.5) is 0 Å². The van der Waals surface area contributed by atoms with Gasteiger partial charge in [0.1, 0.15) is 0 Å². The summed E-state index contributed by atoms with van der Waals surface area (Å²) in [6, 6.07) is 3.34. The summed E-state index contributed by atoms with van der Waals surface area (Å²) in [6.45, 7) is 0. The fourth-order valence-electron chi connectivity index (χ4n) is 0.709. The summed E-state index contributed by atoms with van der Waals surface area (Å²) in [5.41, 5.74) is 0. The van der Waals surface area contributed by atoms with Crippen molar-refractivity contribution in [3.8, 4) is 0 Å². The van der Waals surface area contributed by atoms with Crippen LogP contribution in [0.5, 0.6) is 0 Å². The minimum atomic E-state index is -1.95. The lowest BCUT2D eigenvalue weighted by atomic mass is 10.3. The average Bonchev–Trinajstić information content (AvgIpc) is 2.00. The first-order chi connectivity index (χ1) is 5.54. The SMILES string of the molecule is Clc1cc[c]([Al]([Cl])[Cl])c(Cl)c1Cl. The van der Waals surface area contributed by atoms with Gasteiger partial charge in [-0.1, -0.05) is 45.3 Å². The second-order valence-corrected chi connectivity index (χ2v) is 7.74. The third-order valence-electron chi connectivity index (χ3n) is 1.30. The second kappa shape index (κ2) is 4.62. The summed E-state index contributed by atoms with van der Waals surface area (Å²) in [6.07, 6.45) is 0. The van der Waals surface area contributed by atoms with E-state index in [1.807, 2.05) is 0 Å². The summed E-state index contributed by atoms with van der Waals surface area (Å²) < 4.78 is 0.703. The predicted octanol–water partition coefficient (Wildman–Crippen LogP) is 3.82. The van der Waals surface area contributed by atoms with Crippen LogP contribution in [0.25, 0.3) is 0 Å². The van der Waals surface area contributed by atoms with Gasteiger partial charge in [-0.2, -0.15) is 0 Å². The monoisotopic (exact) mass is 276 g/mol. The molecule has 0 nitrogen and oxygen atoms in total. The van der Waals surface area contributed by atoms with Crippen LogP contribution in [0.2, 0.25) is 15.1 Å². The van der Waals surface area contributed by atoms with E-state index in [-0.39, 0.29) is 0 Å². The van der Waals surface area contributed by atoms with Crippen molar-refractivity contribution < 1.29 is 0 Å². The van der Waals surface area contributed by atoms with Crippen molar-refractivity contribution in [2.75, 3.05) is 0 Å². The van der Waals surface area contributed by atoms with E-state index in [9.17, 15) is 0 Å². The van der Waals surface area contributed by atoms with E-state index in [4.69, 9.17) is 54.9 Å². The molecule has 0 saturated carbocycles. The first-order valence-corrected chi connectivity index (χ1v) is 8.16. The molecule has 0 amide bonds. The molecule has 0 unspecified atom stereocenters. The first kappa shape index (κ1) is 11.3. The van der Waals surface area contributed by atoms with Crippen LogP contribution in [0.3, 0.4) is 0 Å². The van der Waals surface area contributed by atoms with Gasteiger partial charge >= 0.3 is 12.3 Å². The number of hydrogen-bond acceptors (Lipinski definition) is 0. The molecule has 64 valence electrons. The molecule has 0 radical (unpaired) electrons. The molecule has 0 bridgehead atoms. The largest absolute Gasteiger partial charge is 0.557 e. The highest BCUT2D eigenvalue weighted by Gasteiger charge is 2.20. The van der Waals surface area contributed by atoms with Crippen LogP contribution < -0.4 is 4.43 Å². The van der Waals surface area contributed by atoms with E-state index >= 15 is 0 Å². The van der Waals surface area contributed by atoms with E-state index in [0.717, 1.165) is 0 Å². The predicted molar refractivity (Wildman–Crippen MR) is 58.6 cm³/mol. The Morgan fingerprint density at radius 2 is 1.50 bits per heavy atom. The average molecular weight is 278 g/mol. The third-order valence-corrected chi connectivity index (χ3v) is 5.15. The Kier molecular flexibility index (Phi) is 4.34. The molecule has 1 aromatic rings. The Morgan fingerprint density at radius 1 is 0.917 bits per heavy atom. The molecule has 1 rings (SSSR count). The lowest BCUT2D eigenvalue weighted by Crippen LogP contribution is -2.19. The van der Waals surface area contributed by atoms with Crippen molar-refractivity contribution in [2.45, 2.75) is 0 Å². The van der Waals surface area contributed by atoms with E-state index in [0.29, 0.717) is 19.5 Å². The maximum Gasteiger partial charge on any atom is 0.557 e. The number of benzene rings is 1. The molecule has 0 aromatic heterocycles. The molecule has 0 atom stereocenters. The molecule has 1 aromatic carbocycles. The fourth-order valence-corrected chi connectivity index (χ4v) is 3.67. The van der Waals surface area contributed by atoms with Gasteiger partial charge in [-0.3, -0.25) is 0 Å². The minimum absolute atomic E-state index is 0.314. The van der Waals surface area contributed by atoms with Crippen LogP contribution in [0.1, 0.15) is 0 Å². The fraction of sp³-hybridized carbons (Fsp3) is 0. The summed E-state index contributed by atoms with van der Waals surface area (Å²) in [4.78, 5) is 0. The Morgan fingerprint density at radius 3 is 2.00 bits per heavy atom. The maximum absolute atomic E-state index is 5.84. The Labute approximate surface area is 98.1 Å². The summed E-state index contributed by atoms with van der Waals surface area (Å²) in [7, 11) is 11.5. The highest BCUT2D eigenvalue weighted by atomic mass is 35.7. The Bertz CT molecular complexity index is 298. The molecule has 12 heavy (non-hydrogen) atoms. The number of halogens is 5. The Hall–Kier alpha value is 1.20. The lowest BCUT2D eigenvalue weighted by Gasteiger charge is -2.04. The van der Waals surface area contributed by atoms with Crippen molar-refractivity contribution in [2.24, 2.45) is 0 Å². The maximum atomic E-state index is 5.84. The van der Waals surface area contributed by atoms with E-state index in [2.05, 4.69) is 0 Å². The van der Waals surface area contributed by atoms with Crippen LogP contribution in [0.15, 0.2) is 12.1 Å². The van der Waals surface area contributed by atoms with Crippen molar-refractivity contribution >= 4 is 71.6 Å². The van der Waals surface area contributed by atoms with Crippen LogP contribution >= 0.6 is 54.9 Å². The van der Waals surface area contributed by atoms with Crippen molar-refractivity contribution in [1.29, 1.82) is 0 Å². The van der Waals surface area contributed by atoms with E-state index < -0.39 is 12.3 Å². The molecule has 0 aliphatic heterocycles. The summed E-state index contributed by atoms with van der Waals surface area (Å²) in [5, 5.41) is 1.09. The second-order valence-electron chi connectivity index (χ2n) is 2.07. The third kappa shape index (κ3) is 2.37. The van der Waals surface area contributed by atoms with Gasteiger partial charge in [0.2, 0.25) is 0 Å². The van der Waals surface area contributed by atoms with Gasteiger partial charge in [0.25, 0.3) is 0 Å². The molecular formula is C6H2AlCl5. The van der Waals surface area contributed by atoms with Crippen molar-refractivity contribution in [1.82, 2.24) is 0 Å². The molecular weight excluding hydrogens is 276 g/mol. The van der Waals surface area contributed by atoms with Crippen LogP contribution in [-0.2, 0) is 0 Å². The van der Waals surface area contributed by atoms with Gasteiger partial charge in [0.05, 0.1) is 15.1 Å². The van der Waals surface area contributed by atoms with Gasteiger partial charge in [0, 0.05) is 0 Å². The topological polar surface area (TPSA) is 0 Å². The molecule has 0 heterocycles. The molecule has 0 aliphatic carbocycles. The van der Waals surface area contributed by atoms with Gasteiger partial charge < -0.3 is 0 Å². The van der Waals surface area contributed by atoms with E-state index in [1.54, 1.807) is 12.1 Å². The van der Waals surface area contributed by atoms with Gasteiger partial charge in [-0.05, 0) is 6.07 Å². The normalized spacial score (nSPS) is 10.1. The zero-order valence-corrected chi connectivity index (χ0v) is 10.6. The summed E-state index contributed by atoms with van der Waals surface area (Å²) >= 11 is 15.4. The van der Waals surface area contributed by atoms with Crippen molar-refractivity contribution in [3.63, 3.8) is 0 Å². The van der Waals surface area contributed by atoms with Crippen molar-refractivity contribution in [3.05, 3.63) is 27.2 Å². The molecule has 6 heteroatoms. The molecule has 0 aliphatic rings. The lowest BCUT2D eigenvalue weighted by molar-refractivity contribution is 1.76. The number of hydrogen-bond donors (Lipinski definition) is 0. The standard InChI is InChI=1S/C6H2Cl3.Al.2ClH/c7-4-2-1-3-5(8)6(4)9;;;/h1-2H;;2*1H/q;+2;;/p-2. The quantitative estimate of drug-likeness (QED) is 0.541. The van der Waals surface area contributed by atoms with Gasteiger partial charge in [-0.15, -0.1) is 0 Å². The number of rotatable bonds is 1. The molecule has 0 saturated heterocycles. The highest BCUT2D eigenvalue weighted by molar-refractivity contribution is 7.39. The summed E-state index contributed by atoms with van der Waals surface area (Å²) in [5.74, 6) is 0. The highest BCUT2D eigenvalue weighted by Crippen LogP contribution is 2.28. The minimum Gasteiger partial charge on any atom is -0.226 e. The van der Waals surface area contributed by atoms with Gasteiger partial charge in [-0.25, -0.2) is 20.1 Å². The molecule has 0 fully saturated rings. The molecule has 0 spiro atoms. The zero-order chi connectivity index (χ0) is 9.30.